The van der Waals surface area contributed by atoms with Crippen molar-refractivity contribution in [1.82, 2.24) is 10.3 Å². The molecule has 1 aromatic carbocycles. The van der Waals surface area contributed by atoms with Gasteiger partial charge in [-0.05, 0) is 30.3 Å². The lowest BCUT2D eigenvalue weighted by atomic mass is 10.2. The Morgan fingerprint density at radius 2 is 2.17 bits per heavy atom. The largest absolute Gasteiger partial charge is 0.468 e. The summed E-state index contributed by atoms with van der Waals surface area (Å²) in [6.45, 7) is 0.779. The molecular formula is C17H16N2O4S. The molecule has 24 heavy (non-hydrogen) atoms. The lowest BCUT2D eigenvalue weighted by Gasteiger charge is -2.12. The molecule has 0 amide bonds. The average Bonchev–Trinajstić information content (AvgIpc) is 3.36. The van der Waals surface area contributed by atoms with Crippen molar-refractivity contribution in [2.24, 2.45) is 0 Å². The van der Waals surface area contributed by atoms with Gasteiger partial charge in [-0.15, -0.1) is 11.3 Å². The minimum absolute atomic E-state index is 0.0351. The molecule has 1 unspecified atom stereocenters. The van der Waals surface area contributed by atoms with Gasteiger partial charge < -0.3 is 19.0 Å². The maximum absolute atomic E-state index is 9.48. The predicted molar refractivity (Wildman–Crippen MR) is 89.0 cm³/mol. The first-order valence-corrected chi connectivity index (χ1v) is 8.43. The molecule has 2 aromatic heterocycles. The third-order valence-corrected chi connectivity index (χ3v) is 4.71. The first kappa shape index (κ1) is 15.2. The van der Waals surface area contributed by atoms with Crippen molar-refractivity contribution in [3.63, 3.8) is 0 Å². The summed E-state index contributed by atoms with van der Waals surface area (Å²) in [6.07, 6.45) is 1.60. The van der Waals surface area contributed by atoms with Crippen molar-refractivity contribution in [3.05, 3.63) is 53.4 Å². The summed E-state index contributed by atoms with van der Waals surface area (Å²) in [5, 5.41) is 15.7. The number of fused-ring (bicyclic) bond motifs is 1. The van der Waals surface area contributed by atoms with Crippen molar-refractivity contribution in [1.29, 1.82) is 0 Å². The summed E-state index contributed by atoms with van der Waals surface area (Å²) in [5.74, 6) is 2.23. The molecule has 3 aromatic rings. The van der Waals surface area contributed by atoms with Crippen LogP contribution in [0.2, 0.25) is 0 Å². The number of nitrogens with one attached hydrogen (secondary N) is 1. The van der Waals surface area contributed by atoms with Crippen LogP contribution in [0.4, 0.5) is 0 Å². The van der Waals surface area contributed by atoms with Crippen LogP contribution in [0.5, 0.6) is 11.5 Å². The van der Waals surface area contributed by atoms with E-state index < -0.39 is 0 Å². The number of furan rings is 1. The fraction of sp³-hybridized carbons (Fsp3) is 0.235. The zero-order chi connectivity index (χ0) is 16.4. The van der Waals surface area contributed by atoms with Gasteiger partial charge in [0.25, 0.3) is 0 Å². The molecule has 3 heterocycles. The minimum Gasteiger partial charge on any atom is -0.468 e. The lowest BCUT2D eigenvalue weighted by molar-refractivity contribution is 0.174. The number of hydrogen-bond donors (Lipinski definition) is 2. The van der Waals surface area contributed by atoms with E-state index in [1.807, 2.05) is 29.6 Å². The summed E-state index contributed by atoms with van der Waals surface area (Å²) in [5.41, 5.74) is 1.91. The van der Waals surface area contributed by atoms with Crippen molar-refractivity contribution in [2.45, 2.75) is 12.6 Å². The Morgan fingerprint density at radius 3 is 3.00 bits per heavy atom. The number of benzene rings is 1. The molecule has 0 saturated heterocycles. The average molecular weight is 344 g/mol. The van der Waals surface area contributed by atoms with E-state index in [4.69, 9.17) is 13.9 Å². The monoisotopic (exact) mass is 344 g/mol. The Morgan fingerprint density at radius 1 is 1.25 bits per heavy atom. The summed E-state index contributed by atoms with van der Waals surface area (Å²) < 4.78 is 16.1. The van der Waals surface area contributed by atoms with Crippen molar-refractivity contribution < 1.29 is 19.0 Å². The molecule has 124 valence electrons. The second-order valence-electron chi connectivity index (χ2n) is 5.34. The lowest BCUT2D eigenvalue weighted by Crippen LogP contribution is -2.23. The fourth-order valence-corrected chi connectivity index (χ4v) is 3.34. The maximum Gasteiger partial charge on any atom is 0.231 e. The number of nitrogens with zero attached hydrogens (tertiary/aromatic N) is 1. The van der Waals surface area contributed by atoms with E-state index in [1.165, 1.54) is 0 Å². The van der Waals surface area contributed by atoms with E-state index in [2.05, 4.69) is 10.3 Å². The van der Waals surface area contributed by atoms with Crippen LogP contribution >= 0.6 is 11.3 Å². The highest BCUT2D eigenvalue weighted by molar-refractivity contribution is 7.13. The highest BCUT2D eigenvalue weighted by atomic mass is 32.1. The van der Waals surface area contributed by atoms with Gasteiger partial charge in [0, 0.05) is 17.5 Å². The minimum atomic E-state index is -0.240. The molecule has 4 rings (SSSR count). The number of aliphatic hydroxyl groups excluding tert-OH is 1. The summed E-state index contributed by atoms with van der Waals surface area (Å²) in [6, 6.07) is 9.22. The van der Waals surface area contributed by atoms with Crippen LogP contribution in [0.1, 0.15) is 17.5 Å². The van der Waals surface area contributed by atoms with Crippen molar-refractivity contribution in [2.75, 3.05) is 13.4 Å². The standard InChI is InChI=1S/C17H16N2O4S/c20-8-13(14-2-1-5-21-14)18-7-12-9-24-17(19-12)11-3-4-15-16(6-11)23-10-22-15/h1-6,9,13,18,20H,7-8,10H2. The molecule has 0 aliphatic carbocycles. The number of thiazole rings is 1. The summed E-state index contributed by atoms with van der Waals surface area (Å²) >= 11 is 1.57. The predicted octanol–water partition coefficient (Wildman–Crippen LogP) is 2.96. The smallest absolute Gasteiger partial charge is 0.231 e. The van der Waals surface area contributed by atoms with E-state index in [9.17, 15) is 5.11 Å². The normalized spacial score (nSPS) is 14.0. The molecule has 0 spiro atoms. The number of rotatable bonds is 6. The van der Waals surface area contributed by atoms with E-state index >= 15 is 0 Å². The molecular weight excluding hydrogens is 328 g/mol. The van der Waals surface area contributed by atoms with E-state index in [-0.39, 0.29) is 19.4 Å². The van der Waals surface area contributed by atoms with Gasteiger partial charge in [-0.1, -0.05) is 0 Å². The topological polar surface area (TPSA) is 76.8 Å². The van der Waals surface area contributed by atoms with Crippen molar-refractivity contribution in [3.8, 4) is 22.1 Å². The number of ether oxygens (including phenoxy) is 2. The quantitative estimate of drug-likeness (QED) is 0.716. The van der Waals surface area contributed by atoms with Gasteiger partial charge in [0.1, 0.15) is 10.8 Å². The number of hydrogen-bond acceptors (Lipinski definition) is 7. The van der Waals surface area contributed by atoms with Gasteiger partial charge in [0.05, 0.1) is 24.6 Å². The summed E-state index contributed by atoms with van der Waals surface area (Å²) in [4.78, 5) is 4.64. The molecule has 1 aliphatic rings. The Balaban J connectivity index is 1.45. The van der Waals surface area contributed by atoms with Gasteiger partial charge >= 0.3 is 0 Å². The Kier molecular flexibility index (Phi) is 4.20. The summed E-state index contributed by atoms with van der Waals surface area (Å²) in [7, 11) is 0. The Labute approximate surface area is 142 Å². The second kappa shape index (κ2) is 6.64. The number of aromatic nitrogens is 1. The highest BCUT2D eigenvalue weighted by Gasteiger charge is 2.16. The first-order chi connectivity index (χ1) is 11.8. The fourth-order valence-electron chi connectivity index (χ4n) is 2.52. The third-order valence-electron chi connectivity index (χ3n) is 3.77. The van der Waals surface area contributed by atoms with Crippen LogP contribution in [0.15, 0.2) is 46.4 Å². The molecule has 0 fully saturated rings. The Hall–Kier alpha value is -2.35. The van der Waals surface area contributed by atoms with Crippen LogP contribution in [0, 0.1) is 0 Å². The van der Waals surface area contributed by atoms with Gasteiger partial charge in [0.15, 0.2) is 11.5 Å². The van der Waals surface area contributed by atoms with Crippen molar-refractivity contribution >= 4 is 11.3 Å². The molecule has 1 aliphatic heterocycles. The molecule has 2 N–H and O–H groups in total. The van der Waals surface area contributed by atoms with Crippen LogP contribution in [-0.2, 0) is 6.54 Å². The molecule has 6 nitrogen and oxygen atoms in total. The van der Waals surface area contributed by atoms with Crippen LogP contribution < -0.4 is 14.8 Å². The molecule has 7 heteroatoms. The SMILES string of the molecule is OCC(NCc1csc(-c2ccc3c(c2)OCO3)n1)c1ccco1. The number of aliphatic hydroxyl groups is 1. The van der Waals surface area contributed by atoms with Crippen LogP contribution in [0.25, 0.3) is 10.6 Å². The zero-order valence-electron chi connectivity index (χ0n) is 12.8. The van der Waals surface area contributed by atoms with E-state index in [0.29, 0.717) is 12.3 Å². The van der Waals surface area contributed by atoms with Gasteiger partial charge in [-0.3, -0.25) is 5.32 Å². The first-order valence-electron chi connectivity index (χ1n) is 7.55. The molecule has 1 atom stereocenters. The van der Waals surface area contributed by atoms with E-state index in [1.54, 1.807) is 23.7 Å². The second-order valence-corrected chi connectivity index (χ2v) is 6.20. The van der Waals surface area contributed by atoms with Crippen LogP contribution in [-0.4, -0.2) is 23.5 Å². The maximum atomic E-state index is 9.48. The molecule has 0 radical (unpaired) electrons. The highest BCUT2D eigenvalue weighted by Crippen LogP contribution is 2.36. The van der Waals surface area contributed by atoms with E-state index in [0.717, 1.165) is 27.8 Å². The zero-order valence-corrected chi connectivity index (χ0v) is 13.6. The van der Waals surface area contributed by atoms with Gasteiger partial charge in [0.2, 0.25) is 6.79 Å². The Bertz CT molecular complexity index is 816. The van der Waals surface area contributed by atoms with Gasteiger partial charge in [-0.2, -0.15) is 0 Å². The molecule has 0 saturated carbocycles. The van der Waals surface area contributed by atoms with Gasteiger partial charge in [-0.25, -0.2) is 4.98 Å². The van der Waals surface area contributed by atoms with Crippen LogP contribution in [0.3, 0.4) is 0 Å². The third kappa shape index (κ3) is 3.01. The molecule has 0 bridgehead atoms.